The molecule has 0 fully saturated rings. The molecule has 140 valence electrons. The highest BCUT2D eigenvalue weighted by Crippen LogP contribution is 2.20. The molecular formula is C18H20F2N2O3S. The first-order valence-electron chi connectivity index (χ1n) is 8.01. The molecule has 0 saturated heterocycles. The summed E-state index contributed by atoms with van der Waals surface area (Å²) in [7, 11) is -3.83. The summed E-state index contributed by atoms with van der Waals surface area (Å²) in [6.45, 7) is -0.127. The van der Waals surface area contributed by atoms with Gasteiger partial charge in [-0.05, 0) is 30.5 Å². The van der Waals surface area contributed by atoms with Gasteiger partial charge in [0.15, 0.2) is 11.6 Å². The second-order valence-electron chi connectivity index (χ2n) is 5.81. The van der Waals surface area contributed by atoms with Crippen LogP contribution in [0.5, 0.6) is 0 Å². The zero-order valence-electron chi connectivity index (χ0n) is 14.3. The standard InChI is InChI=1S/C18H20F2N2O3S/c1-26(24,25)22(15-9-10-16(19)17(20)12-15)13-18(23)21-11-5-8-14-6-3-2-4-7-14/h2-4,6-7,9-10,12H,5,8,11,13H2,1H3,(H,21,23). The molecule has 0 heterocycles. The largest absolute Gasteiger partial charge is 0.355 e. The SMILES string of the molecule is CS(=O)(=O)N(CC(=O)NCCCc1ccccc1)c1ccc(F)c(F)c1. The summed E-state index contributed by atoms with van der Waals surface area (Å²) in [5.41, 5.74) is 1.03. The van der Waals surface area contributed by atoms with Crippen molar-refractivity contribution in [3.8, 4) is 0 Å². The number of sulfonamides is 1. The zero-order chi connectivity index (χ0) is 19.2. The van der Waals surface area contributed by atoms with Crippen LogP contribution in [-0.2, 0) is 21.2 Å². The monoisotopic (exact) mass is 382 g/mol. The Morgan fingerprint density at radius 2 is 1.77 bits per heavy atom. The molecule has 0 saturated carbocycles. The number of benzene rings is 2. The van der Waals surface area contributed by atoms with Crippen molar-refractivity contribution in [2.24, 2.45) is 0 Å². The second kappa shape index (κ2) is 8.75. The minimum Gasteiger partial charge on any atom is -0.355 e. The second-order valence-corrected chi connectivity index (χ2v) is 7.71. The van der Waals surface area contributed by atoms with Gasteiger partial charge in [-0.2, -0.15) is 0 Å². The average molecular weight is 382 g/mol. The third-order valence-corrected chi connectivity index (χ3v) is 4.83. The number of amides is 1. The van der Waals surface area contributed by atoms with Gasteiger partial charge in [-0.3, -0.25) is 9.10 Å². The van der Waals surface area contributed by atoms with Crippen LogP contribution in [0.2, 0.25) is 0 Å². The van der Waals surface area contributed by atoms with E-state index in [0.29, 0.717) is 13.0 Å². The van der Waals surface area contributed by atoms with Gasteiger partial charge in [0.05, 0.1) is 11.9 Å². The van der Waals surface area contributed by atoms with Crippen LogP contribution in [0.15, 0.2) is 48.5 Å². The number of nitrogens with one attached hydrogen (secondary N) is 1. The first-order valence-corrected chi connectivity index (χ1v) is 9.85. The number of hydrogen-bond acceptors (Lipinski definition) is 3. The van der Waals surface area contributed by atoms with Gasteiger partial charge in [-0.1, -0.05) is 30.3 Å². The summed E-state index contributed by atoms with van der Waals surface area (Å²) in [5.74, 6) is -2.79. The summed E-state index contributed by atoms with van der Waals surface area (Å²) in [6, 6.07) is 12.4. The lowest BCUT2D eigenvalue weighted by Gasteiger charge is -2.22. The van der Waals surface area contributed by atoms with Gasteiger partial charge in [-0.15, -0.1) is 0 Å². The van der Waals surface area contributed by atoms with Crippen LogP contribution < -0.4 is 9.62 Å². The molecular weight excluding hydrogens is 362 g/mol. The van der Waals surface area contributed by atoms with E-state index >= 15 is 0 Å². The van der Waals surface area contributed by atoms with Gasteiger partial charge in [0.2, 0.25) is 15.9 Å². The van der Waals surface area contributed by atoms with Gasteiger partial charge in [0, 0.05) is 12.6 Å². The van der Waals surface area contributed by atoms with Crippen LogP contribution in [-0.4, -0.2) is 33.7 Å². The van der Waals surface area contributed by atoms with Crippen LogP contribution in [0.3, 0.4) is 0 Å². The molecule has 8 heteroatoms. The Morgan fingerprint density at radius 3 is 2.38 bits per heavy atom. The Hall–Kier alpha value is -2.48. The molecule has 26 heavy (non-hydrogen) atoms. The average Bonchev–Trinajstić information content (AvgIpc) is 2.59. The molecule has 0 atom stereocenters. The number of anilines is 1. The van der Waals surface area contributed by atoms with Gasteiger partial charge in [-0.25, -0.2) is 17.2 Å². The van der Waals surface area contributed by atoms with E-state index in [1.54, 1.807) is 0 Å². The summed E-state index contributed by atoms with van der Waals surface area (Å²) >= 11 is 0. The Bertz CT molecular complexity index is 858. The Kier molecular flexibility index (Phi) is 6.68. The molecule has 0 unspecified atom stereocenters. The molecule has 2 aromatic rings. The predicted octanol–water partition coefficient (Wildman–Crippen LogP) is 2.48. The van der Waals surface area contributed by atoms with Crippen LogP contribution in [0.25, 0.3) is 0 Å². The van der Waals surface area contributed by atoms with Gasteiger partial charge in [0.25, 0.3) is 0 Å². The van der Waals surface area contributed by atoms with E-state index in [9.17, 15) is 22.0 Å². The Morgan fingerprint density at radius 1 is 1.08 bits per heavy atom. The summed E-state index contributed by atoms with van der Waals surface area (Å²) < 4.78 is 51.0. The van der Waals surface area contributed by atoms with Crippen molar-refractivity contribution in [3.05, 3.63) is 65.7 Å². The Labute approximate surface area is 151 Å². The highest BCUT2D eigenvalue weighted by atomic mass is 32.2. The fourth-order valence-electron chi connectivity index (χ4n) is 2.39. The fourth-order valence-corrected chi connectivity index (χ4v) is 3.24. The maximum Gasteiger partial charge on any atom is 0.240 e. The van der Waals surface area contributed by atoms with Crippen LogP contribution in [0, 0.1) is 11.6 Å². The molecule has 2 aromatic carbocycles. The van der Waals surface area contributed by atoms with Crippen molar-refractivity contribution in [1.29, 1.82) is 0 Å². The van der Waals surface area contributed by atoms with Crippen LogP contribution in [0.1, 0.15) is 12.0 Å². The number of carbonyl (C=O) groups is 1. The normalized spacial score (nSPS) is 11.2. The maximum atomic E-state index is 13.4. The first kappa shape index (κ1) is 19.8. The molecule has 0 bridgehead atoms. The minimum absolute atomic E-state index is 0.106. The van der Waals surface area contributed by atoms with E-state index in [1.807, 2.05) is 30.3 Å². The molecule has 0 aliphatic rings. The highest BCUT2D eigenvalue weighted by molar-refractivity contribution is 7.92. The summed E-state index contributed by atoms with van der Waals surface area (Å²) in [6.07, 6.45) is 2.37. The topological polar surface area (TPSA) is 66.5 Å². The van der Waals surface area contributed by atoms with E-state index in [2.05, 4.69) is 5.32 Å². The quantitative estimate of drug-likeness (QED) is 0.714. The number of hydrogen-bond donors (Lipinski definition) is 1. The fraction of sp³-hybridized carbons (Fsp3) is 0.278. The molecule has 0 radical (unpaired) electrons. The zero-order valence-corrected chi connectivity index (χ0v) is 15.1. The number of aryl methyl sites for hydroxylation is 1. The highest BCUT2D eigenvalue weighted by Gasteiger charge is 2.21. The van der Waals surface area contributed by atoms with E-state index in [4.69, 9.17) is 0 Å². The van der Waals surface area contributed by atoms with E-state index in [1.165, 1.54) is 0 Å². The number of halogens is 2. The lowest BCUT2D eigenvalue weighted by Crippen LogP contribution is -2.40. The molecule has 0 spiro atoms. The van der Waals surface area contributed by atoms with Crippen molar-refractivity contribution in [2.75, 3.05) is 23.7 Å². The summed E-state index contributed by atoms with van der Waals surface area (Å²) in [5, 5.41) is 2.64. The van der Waals surface area contributed by atoms with Crippen molar-refractivity contribution < 1.29 is 22.0 Å². The van der Waals surface area contributed by atoms with Crippen LogP contribution in [0.4, 0.5) is 14.5 Å². The molecule has 0 aliphatic heterocycles. The van der Waals surface area contributed by atoms with Crippen LogP contribution >= 0.6 is 0 Å². The Balaban J connectivity index is 1.93. The minimum atomic E-state index is -3.83. The van der Waals surface area contributed by atoms with Crippen molar-refractivity contribution in [1.82, 2.24) is 5.32 Å². The number of carbonyl (C=O) groups excluding carboxylic acids is 1. The van der Waals surface area contributed by atoms with E-state index in [-0.39, 0.29) is 5.69 Å². The molecule has 2 rings (SSSR count). The van der Waals surface area contributed by atoms with Crippen molar-refractivity contribution in [2.45, 2.75) is 12.8 Å². The summed E-state index contributed by atoms with van der Waals surface area (Å²) in [4.78, 5) is 12.1. The van der Waals surface area contributed by atoms with Gasteiger partial charge in [0.1, 0.15) is 6.54 Å². The lowest BCUT2D eigenvalue weighted by atomic mass is 10.1. The first-order chi connectivity index (χ1) is 12.3. The molecule has 0 aliphatic carbocycles. The van der Waals surface area contributed by atoms with Gasteiger partial charge >= 0.3 is 0 Å². The van der Waals surface area contributed by atoms with E-state index in [0.717, 1.165) is 40.7 Å². The molecule has 1 amide bonds. The third kappa shape index (κ3) is 5.80. The molecule has 0 aromatic heterocycles. The van der Waals surface area contributed by atoms with Crippen molar-refractivity contribution >= 4 is 21.6 Å². The van der Waals surface area contributed by atoms with E-state index < -0.39 is 34.1 Å². The molecule has 1 N–H and O–H groups in total. The maximum absolute atomic E-state index is 13.4. The smallest absolute Gasteiger partial charge is 0.240 e. The predicted molar refractivity (Wildman–Crippen MR) is 96.3 cm³/mol. The lowest BCUT2D eigenvalue weighted by molar-refractivity contribution is -0.119. The number of rotatable bonds is 8. The van der Waals surface area contributed by atoms with Crippen molar-refractivity contribution in [3.63, 3.8) is 0 Å². The van der Waals surface area contributed by atoms with Gasteiger partial charge < -0.3 is 5.32 Å². The number of nitrogens with zero attached hydrogens (tertiary/aromatic N) is 1. The third-order valence-electron chi connectivity index (χ3n) is 3.69. The molecule has 5 nitrogen and oxygen atoms in total.